The number of rotatable bonds is 5. The van der Waals surface area contributed by atoms with Gasteiger partial charge in [-0.15, -0.1) is 0 Å². The van der Waals surface area contributed by atoms with Crippen molar-refractivity contribution in [1.29, 1.82) is 0 Å². The second kappa shape index (κ2) is 7.38. The lowest BCUT2D eigenvalue weighted by Gasteiger charge is -2.17. The summed E-state index contributed by atoms with van der Waals surface area (Å²) in [5, 5.41) is 2.92. The van der Waals surface area contributed by atoms with Gasteiger partial charge in [-0.05, 0) is 42.3 Å². The minimum Gasteiger partial charge on any atom is -0.497 e. The molecule has 1 fully saturated rings. The van der Waals surface area contributed by atoms with E-state index in [-0.39, 0.29) is 24.2 Å². The highest BCUT2D eigenvalue weighted by Gasteiger charge is 2.34. The number of carbonyl (C=O) groups excluding carboxylic acids is 2. The molecule has 5 heteroatoms. The van der Waals surface area contributed by atoms with Crippen LogP contribution in [0.15, 0.2) is 48.5 Å². The Labute approximate surface area is 147 Å². The van der Waals surface area contributed by atoms with Crippen LogP contribution in [0.25, 0.3) is 0 Å². The molecule has 1 aliphatic heterocycles. The number of aryl methyl sites for hydroxylation is 1. The fourth-order valence-corrected chi connectivity index (χ4v) is 3.04. The van der Waals surface area contributed by atoms with Crippen molar-refractivity contribution in [3.8, 4) is 5.75 Å². The summed E-state index contributed by atoms with van der Waals surface area (Å²) < 4.78 is 5.18. The van der Waals surface area contributed by atoms with Crippen molar-refractivity contribution in [3.63, 3.8) is 0 Å². The molecule has 2 aromatic rings. The van der Waals surface area contributed by atoms with Crippen LogP contribution in [0, 0.1) is 12.8 Å². The number of anilines is 1. The summed E-state index contributed by atoms with van der Waals surface area (Å²) in [6, 6.07) is 15.4. The van der Waals surface area contributed by atoms with E-state index < -0.39 is 0 Å². The fraction of sp³-hybridized carbons (Fsp3) is 0.300. The Morgan fingerprint density at radius 1 is 1.24 bits per heavy atom. The summed E-state index contributed by atoms with van der Waals surface area (Å²) in [4.78, 5) is 26.4. The number of benzene rings is 2. The van der Waals surface area contributed by atoms with Gasteiger partial charge in [-0.1, -0.05) is 24.3 Å². The van der Waals surface area contributed by atoms with Crippen molar-refractivity contribution in [2.75, 3.05) is 18.6 Å². The number of hydrogen-bond donors (Lipinski definition) is 1. The molecule has 1 saturated heterocycles. The number of nitrogens with one attached hydrogen (secondary N) is 1. The first-order chi connectivity index (χ1) is 12.1. The Morgan fingerprint density at radius 2 is 2.04 bits per heavy atom. The van der Waals surface area contributed by atoms with Gasteiger partial charge in [0.25, 0.3) is 0 Å². The lowest BCUT2D eigenvalue weighted by molar-refractivity contribution is -0.126. The van der Waals surface area contributed by atoms with E-state index in [9.17, 15) is 9.59 Å². The predicted molar refractivity (Wildman–Crippen MR) is 96.5 cm³/mol. The lowest BCUT2D eigenvalue weighted by atomic mass is 10.1. The Kier molecular flexibility index (Phi) is 5.03. The molecule has 0 aliphatic carbocycles. The SMILES string of the molecule is COc1cccc(CNC(=O)[C@H]2CC(=O)N(c3cccc(C)c3)C2)c1. The molecule has 3 rings (SSSR count). The number of amides is 2. The number of nitrogens with zero attached hydrogens (tertiary/aromatic N) is 1. The zero-order chi connectivity index (χ0) is 17.8. The largest absolute Gasteiger partial charge is 0.497 e. The summed E-state index contributed by atoms with van der Waals surface area (Å²) in [6.07, 6.45) is 0.248. The molecule has 1 N–H and O–H groups in total. The van der Waals surface area contributed by atoms with Crippen LogP contribution in [0.1, 0.15) is 17.5 Å². The maximum Gasteiger partial charge on any atom is 0.227 e. The van der Waals surface area contributed by atoms with E-state index >= 15 is 0 Å². The van der Waals surface area contributed by atoms with Gasteiger partial charge in [-0.2, -0.15) is 0 Å². The number of methoxy groups -OCH3 is 1. The minimum atomic E-state index is -0.321. The highest BCUT2D eigenvalue weighted by Crippen LogP contribution is 2.26. The molecular weight excluding hydrogens is 316 g/mol. The monoisotopic (exact) mass is 338 g/mol. The molecule has 2 aromatic carbocycles. The van der Waals surface area contributed by atoms with Gasteiger partial charge in [-0.3, -0.25) is 9.59 Å². The van der Waals surface area contributed by atoms with Gasteiger partial charge >= 0.3 is 0 Å². The highest BCUT2D eigenvalue weighted by molar-refractivity contribution is 6.00. The topological polar surface area (TPSA) is 58.6 Å². The second-order valence-corrected chi connectivity index (χ2v) is 6.31. The molecule has 0 spiro atoms. The zero-order valence-corrected chi connectivity index (χ0v) is 14.5. The van der Waals surface area contributed by atoms with Gasteiger partial charge in [0.15, 0.2) is 0 Å². The van der Waals surface area contributed by atoms with Gasteiger partial charge in [-0.25, -0.2) is 0 Å². The van der Waals surface area contributed by atoms with Crippen molar-refractivity contribution in [2.24, 2.45) is 5.92 Å². The average molecular weight is 338 g/mol. The first-order valence-electron chi connectivity index (χ1n) is 8.34. The molecule has 0 bridgehead atoms. The molecule has 130 valence electrons. The standard InChI is InChI=1S/C20H22N2O3/c1-14-5-3-7-17(9-14)22-13-16(11-19(22)23)20(24)21-12-15-6-4-8-18(10-15)25-2/h3-10,16H,11-13H2,1-2H3,(H,21,24)/t16-/m0/s1. The van der Waals surface area contributed by atoms with E-state index in [1.165, 1.54) is 0 Å². The third kappa shape index (κ3) is 3.99. The van der Waals surface area contributed by atoms with Crippen molar-refractivity contribution in [3.05, 3.63) is 59.7 Å². The second-order valence-electron chi connectivity index (χ2n) is 6.31. The zero-order valence-electron chi connectivity index (χ0n) is 14.5. The van der Waals surface area contributed by atoms with Crippen molar-refractivity contribution in [1.82, 2.24) is 5.32 Å². The van der Waals surface area contributed by atoms with E-state index in [1.54, 1.807) is 12.0 Å². The Hall–Kier alpha value is -2.82. The lowest BCUT2D eigenvalue weighted by Crippen LogP contribution is -2.32. The summed E-state index contributed by atoms with van der Waals surface area (Å²) in [7, 11) is 1.61. The number of hydrogen-bond acceptors (Lipinski definition) is 3. The minimum absolute atomic E-state index is 0.00729. The highest BCUT2D eigenvalue weighted by atomic mass is 16.5. The molecule has 0 aromatic heterocycles. The first kappa shape index (κ1) is 17.0. The fourth-order valence-electron chi connectivity index (χ4n) is 3.04. The van der Waals surface area contributed by atoms with Crippen LogP contribution < -0.4 is 15.0 Å². The Morgan fingerprint density at radius 3 is 2.80 bits per heavy atom. The third-order valence-corrected chi connectivity index (χ3v) is 4.41. The van der Waals surface area contributed by atoms with E-state index in [1.807, 2.05) is 55.5 Å². The smallest absolute Gasteiger partial charge is 0.227 e. The van der Waals surface area contributed by atoms with Gasteiger partial charge in [0.05, 0.1) is 13.0 Å². The normalized spacial score (nSPS) is 16.8. The van der Waals surface area contributed by atoms with Gasteiger partial charge in [0.1, 0.15) is 5.75 Å². The molecule has 1 aliphatic rings. The first-order valence-corrected chi connectivity index (χ1v) is 8.34. The molecule has 5 nitrogen and oxygen atoms in total. The van der Waals surface area contributed by atoms with Crippen LogP contribution in [-0.2, 0) is 16.1 Å². The average Bonchev–Trinajstić information content (AvgIpc) is 3.02. The van der Waals surface area contributed by atoms with Crippen LogP contribution >= 0.6 is 0 Å². The van der Waals surface area contributed by atoms with Gasteiger partial charge < -0.3 is 15.0 Å². The van der Waals surface area contributed by atoms with Crippen molar-refractivity contribution >= 4 is 17.5 Å². The van der Waals surface area contributed by atoms with Gasteiger partial charge in [0, 0.05) is 25.2 Å². The molecule has 0 unspecified atom stereocenters. The molecule has 25 heavy (non-hydrogen) atoms. The summed E-state index contributed by atoms with van der Waals surface area (Å²) >= 11 is 0. The Bertz CT molecular complexity index is 788. The van der Waals surface area contributed by atoms with Gasteiger partial charge in [0.2, 0.25) is 11.8 Å². The number of carbonyl (C=O) groups is 2. The van der Waals surface area contributed by atoms with Crippen molar-refractivity contribution < 1.29 is 14.3 Å². The van der Waals surface area contributed by atoms with Crippen LogP contribution in [0.2, 0.25) is 0 Å². The maximum absolute atomic E-state index is 12.4. The molecule has 2 amide bonds. The molecule has 1 atom stereocenters. The van der Waals surface area contributed by atoms with Crippen LogP contribution in [-0.4, -0.2) is 25.5 Å². The third-order valence-electron chi connectivity index (χ3n) is 4.41. The van der Waals surface area contributed by atoms with E-state index in [2.05, 4.69) is 5.32 Å². The molecule has 0 radical (unpaired) electrons. The van der Waals surface area contributed by atoms with Crippen LogP contribution in [0.3, 0.4) is 0 Å². The van der Waals surface area contributed by atoms with E-state index in [0.29, 0.717) is 13.1 Å². The quantitative estimate of drug-likeness (QED) is 0.912. The van der Waals surface area contributed by atoms with Crippen molar-refractivity contribution in [2.45, 2.75) is 19.9 Å². The summed E-state index contributed by atoms with van der Waals surface area (Å²) in [5.41, 5.74) is 2.91. The molecular formula is C20H22N2O3. The number of ether oxygens (including phenoxy) is 1. The molecule has 0 saturated carbocycles. The summed E-state index contributed by atoms with van der Waals surface area (Å²) in [6.45, 7) is 2.83. The summed E-state index contributed by atoms with van der Waals surface area (Å²) in [5.74, 6) is 0.338. The van der Waals surface area contributed by atoms with Crippen LogP contribution in [0.4, 0.5) is 5.69 Å². The van der Waals surface area contributed by atoms with E-state index in [4.69, 9.17) is 4.74 Å². The maximum atomic E-state index is 12.4. The van der Waals surface area contributed by atoms with Crippen LogP contribution in [0.5, 0.6) is 5.75 Å². The predicted octanol–water partition coefficient (Wildman–Crippen LogP) is 2.67. The van der Waals surface area contributed by atoms with E-state index in [0.717, 1.165) is 22.6 Å². The Balaban J connectivity index is 1.61. The molecule has 1 heterocycles.